The molecule has 1 saturated heterocycles. The van der Waals surface area contributed by atoms with E-state index in [1.54, 1.807) is 0 Å². The van der Waals surface area contributed by atoms with E-state index in [0.717, 1.165) is 42.5 Å². The van der Waals surface area contributed by atoms with Crippen LogP contribution < -0.4 is 15.1 Å². The standard InChI is InChI=1S/C20H23Cl2N3O/c1-15(18-7-2-3-8-19(18)22)23-20(26)14-24-9-11-25(12-10-24)17-6-4-5-16(21)13-17/h2-8,13,15H,9-12,14H2,1H3,(H,23,26)/p+1/t15-/m0/s1. The van der Waals surface area contributed by atoms with Gasteiger partial charge < -0.3 is 15.1 Å². The zero-order chi connectivity index (χ0) is 18.5. The molecule has 4 nitrogen and oxygen atoms in total. The number of hydrogen-bond donors (Lipinski definition) is 2. The SMILES string of the molecule is C[C@H](NC(=O)C[NH+]1CCN(c2cccc(Cl)c2)CC1)c1ccccc1Cl. The lowest BCUT2D eigenvalue weighted by atomic mass is 10.1. The van der Waals surface area contributed by atoms with Gasteiger partial charge in [0.15, 0.2) is 6.54 Å². The van der Waals surface area contributed by atoms with Crippen molar-refractivity contribution >= 4 is 34.8 Å². The van der Waals surface area contributed by atoms with Crippen molar-refractivity contribution < 1.29 is 9.69 Å². The minimum absolute atomic E-state index is 0.0589. The monoisotopic (exact) mass is 392 g/mol. The summed E-state index contributed by atoms with van der Waals surface area (Å²) in [6, 6.07) is 15.5. The van der Waals surface area contributed by atoms with Crippen molar-refractivity contribution in [2.75, 3.05) is 37.6 Å². The molecule has 2 N–H and O–H groups in total. The molecule has 2 aromatic rings. The molecular weight excluding hydrogens is 369 g/mol. The fourth-order valence-electron chi connectivity index (χ4n) is 3.35. The smallest absolute Gasteiger partial charge is 0.275 e. The summed E-state index contributed by atoms with van der Waals surface area (Å²) in [5.74, 6) is 0.0589. The molecule has 1 aliphatic rings. The molecule has 0 aromatic heterocycles. The minimum atomic E-state index is -0.0941. The van der Waals surface area contributed by atoms with Gasteiger partial charge in [-0.3, -0.25) is 4.79 Å². The number of halogens is 2. The Bertz CT molecular complexity index is 760. The first-order chi connectivity index (χ1) is 12.5. The molecule has 1 heterocycles. The van der Waals surface area contributed by atoms with Crippen LogP contribution in [0.1, 0.15) is 18.5 Å². The van der Waals surface area contributed by atoms with Crippen LogP contribution in [0.4, 0.5) is 5.69 Å². The molecule has 2 aromatic carbocycles. The van der Waals surface area contributed by atoms with Gasteiger partial charge in [0.05, 0.1) is 32.2 Å². The fraction of sp³-hybridized carbons (Fsp3) is 0.350. The van der Waals surface area contributed by atoms with Crippen LogP contribution >= 0.6 is 23.2 Å². The van der Waals surface area contributed by atoms with E-state index in [1.807, 2.05) is 49.4 Å². The number of nitrogens with zero attached hydrogens (tertiary/aromatic N) is 1. The van der Waals surface area contributed by atoms with Crippen molar-refractivity contribution in [2.24, 2.45) is 0 Å². The van der Waals surface area contributed by atoms with E-state index < -0.39 is 0 Å². The average Bonchev–Trinajstić information content (AvgIpc) is 2.62. The maximum Gasteiger partial charge on any atom is 0.275 e. The lowest BCUT2D eigenvalue weighted by Crippen LogP contribution is -3.15. The number of benzene rings is 2. The largest absolute Gasteiger partial charge is 0.360 e. The number of hydrogen-bond acceptors (Lipinski definition) is 2. The molecule has 1 amide bonds. The number of anilines is 1. The summed E-state index contributed by atoms with van der Waals surface area (Å²) < 4.78 is 0. The first-order valence-electron chi connectivity index (χ1n) is 8.91. The Kier molecular flexibility index (Phi) is 6.41. The van der Waals surface area contributed by atoms with Crippen molar-refractivity contribution in [1.82, 2.24) is 5.32 Å². The van der Waals surface area contributed by atoms with E-state index in [1.165, 1.54) is 4.90 Å². The third-order valence-corrected chi connectivity index (χ3v) is 5.38. The molecule has 1 fully saturated rings. The topological polar surface area (TPSA) is 36.8 Å². The zero-order valence-electron chi connectivity index (χ0n) is 14.8. The Morgan fingerprint density at radius 3 is 2.58 bits per heavy atom. The molecule has 1 atom stereocenters. The number of quaternary nitrogens is 1. The van der Waals surface area contributed by atoms with E-state index in [-0.39, 0.29) is 11.9 Å². The first-order valence-corrected chi connectivity index (χ1v) is 9.66. The van der Waals surface area contributed by atoms with E-state index in [9.17, 15) is 4.79 Å². The third kappa shape index (κ3) is 4.91. The molecule has 3 rings (SSSR count). The summed E-state index contributed by atoms with van der Waals surface area (Å²) in [5.41, 5.74) is 2.09. The second-order valence-corrected chi connectivity index (χ2v) is 7.55. The molecule has 0 spiro atoms. The van der Waals surface area contributed by atoms with Gasteiger partial charge in [0.2, 0.25) is 0 Å². The molecule has 0 aliphatic carbocycles. The van der Waals surface area contributed by atoms with Crippen molar-refractivity contribution in [3.05, 3.63) is 64.1 Å². The Morgan fingerprint density at radius 1 is 1.15 bits per heavy atom. The Morgan fingerprint density at radius 2 is 1.88 bits per heavy atom. The molecule has 0 radical (unpaired) electrons. The predicted octanol–water partition coefficient (Wildman–Crippen LogP) is 2.58. The van der Waals surface area contributed by atoms with Crippen LogP contribution in [0.2, 0.25) is 10.0 Å². The van der Waals surface area contributed by atoms with E-state index in [2.05, 4.69) is 16.3 Å². The summed E-state index contributed by atoms with van der Waals surface area (Å²) in [5, 5.41) is 4.50. The van der Waals surface area contributed by atoms with Crippen molar-refractivity contribution in [3.63, 3.8) is 0 Å². The van der Waals surface area contributed by atoms with Gasteiger partial charge in [-0.1, -0.05) is 47.5 Å². The lowest BCUT2D eigenvalue weighted by Gasteiger charge is -2.33. The van der Waals surface area contributed by atoms with Gasteiger partial charge in [-0.2, -0.15) is 0 Å². The van der Waals surface area contributed by atoms with E-state index in [4.69, 9.17) is 23.2 Å². The van der Waals surface area contributed by atoms with Crippen molar-refractivity contribution in [2.45, 2.75) is 13.0 Å². The summed E-state index contributed by atoms with van der Waals surface area (Å²) in [4.78, 5) is 16.0. The number of piperazine rings is 1. The van der Waals surface area contributed by atoms with Crippen LogP contribution in [0.15, 0.2) is 48.5 Å². The average molecular weight is 393 g/mol. The van der Waals surface area contributed by atoms with Crippen LogP contribution in [0.5, 0.6) is 0 Å². The van der Waals surface area contributed by atoms with Crippen molar-refractivity contribution in [3.8, 4) is 0 Å². The van der Waals surface area contributed by atoms with Gasteiger partial charge in [-0.15, -0.1) is 0 Å². The number of nitrogens with one attached hydrogen (secondary N) is 2. The Hall–Kier alpha value is -1.75. The van der Waals surface area contributed by atoms with E-state index >= 15 is 0 Å². The minimum Gasteiger partial charge on any atom is -0.360 e. The fourth-order valence-corrected chi connectivity index (χ4v) is 3.84. The highest BCUT2D eigenvalue weighted by atomic mass is 35.5. The number of amides is 1. The van der Waals surface area contributed by atoms with Gasteiger partial charge >= 0.3 is 0 Å². The summed E-state index contributed by atoms with van der Waals surface area (Å²) in [6.07, 6.45) is 0. The molecular formula is C20H24Cl2N3O+. The van der Waals surface area contributed by atoms with Crippen LogP contribution in [-0.4, -0.2) is 38.6 Å². The van der Waals surface area contributed by atoms with Crippen LogP contribution in [0.25, 0.3) is 0 Å². The van der Waals surface area contributed by atoms with Crippen LogP contribution in [-0.2, 0) is 4.79 Å². The number of rotatable bonds is 5. The lowest BCUT2D eigenvalue weighted by molar-refractivity contribution is -0.892. The summed E-state index contributed by atoms with van der Waals surface area (Å²) in [6.45, 7) is 6.15. The molecule has 6 heteroatoms. The highest BCUT2D eigenvalue weighted by molar-refractivity contribution is 6.31. The molecule has 0 bridgehead atoms. The second-order valence-electron chi connectivity index (χ2n) is 6.70. The van der Waals surface area contributed by atoms with Gasteiger partial charge in [0, 0.05) is 15.7 Å². The van der Waals surface area contributed by atoms with Gasteiger partial charge in [0.1, 0.15) is 0 Å². The normalized spacial score (nSPS) is 16.3. The third-order valence-electron chi connectivity index (χ3n) is 4.80. The molecule has 0 saturated carbocycles. The summed E-state index contributed by atoms with van der Waals surface area (Å²) >= 11 is 12.3. The number of carbonyl (C=O) groups excluding carboxylic acids is 1. The molecule has 26 heavy (non-hydrogen) atoms. The quantitative estimate of drug-likeness (QED) is 0.820. The van der Waals surface area contributed by atoms with Crippen LogP contribution in [0.3, 0.4) is 0 Å². The Labute approximate surface area is 164 Å². The first kappa shape index (κ1) is 19.0. The maximum atomic E-state index is 12.4. The second kappa shape index (κ2) is 8.76. The van der Waals surface area contributed by atoms with Gasteiger partial charge in [0.25, 0.3) is 5.91 Å². The molecule has 1 aliphatic heterocycles. The highest BCUT2D eigenvalue weighted by Crippen LogP contribution is 2.22. The summed E-state index contributed by atoms with van der Waals surface area (Å²) in [7, 11) is 0. The van der Waals surface area contributed by atoms with Gasteiger partial charge in [-0.05, 0) is 36.8 Å². The predicted molar refractivity (Wildman–Crippen MR) is 107 cm³/mol. The van der Waals surface area contributed by atoms with Crippen LogP contribution in [0, 0.1) is 0 Å². The molecule has 138 valence electrons. The maximum absolute atomic E-state index is 12.4. The van der Waals surface area contributed by atoms with Crippen molar-refractivity contribution in [1.29, 1.82) is 0 Å². The molecule has 0 unspecified atom stereocenters. The van der Waals surface area contributed by atoms with E-state index in [0.29, 0.717) is 11.6 Å². The highest BCUT2D eigenvalue weighted by Gasteiger charge is 2.23. The number of carbonyl (C=O) groups is 1. The zero-order valence-corrected chi connectivity index (χ0v) is 16.4. The van der Waals surface area contributed by atoms with Gasteiger partial charge in [-0.25, -0.2) is 0 Å². The Balaban J connectivity index is 1.48.